The summed E-state index contributed by atoms with van der Waals surface area (Å²) in [5.41, 5.74) is 0.450. The fourth-order valence-electron chi connectivity index (χ4n) is 1.59. The molecule has 0 amide bonds. The van der Waals surface area contributed by atoms with Crippen molar-refractivity contribution in [2.45, 2.75) is 20.3 Å². The molecule has 1 aromatic rings. The molecule has 1 N–H and O–H groups in total. The first-order chi connectivity index (χ1) is 9.52. The van der Waals surface area contributed by atoms with Crippen LogP contribution < -0.4 is 14.2 Å². The molecular weight excluding hydrogens is 302 g/mol. The quantitative estimate of drug-likeness (QED) is 0.710. The van der Waals surface area contributed by atoms with Gasteiger partial charge in [-0.2, -0.15) is 0 Å². The van der Waals surface area contributed by atoms with E-state index < -0.39 is 10.0 Å². The van der Waals surface area contributed by atoms with E-state index in [-0.39, 0.29) is 5.75 Å². The van der Waals surface area contributed by atoms with Crippen molar-refractivity contribution >= 4 is 27.3 Å². The Labute approximate surface area is 125 Å². The number of sulfonamides is 1. The molecule has 0 bridgehead atoms. The van der Waals surface area contributed by atoms with Gasteiger partial charge in [-0.3, -0.25) is 4.72 Å². The van der Waals surface area contributed by atoms with Crippen molar-refractivity contribution in [2.75, 3.05) is 29.6 Å². The highest BCUT2D eigenvalue weighted by molar-refractivity contribution is 7.92. The lowest BCUT2D eigenvalue weighted by atomic mass is 10.3. The second-order valence-corrected chi connectivity index (χ2v) is 6.21. The van der Waals surface area contributed by atoms with Gasteiger partial charge in [-0.05, 0) is 32.4 Å². The van der Waals surface area contributed by atoms with Crippen molar-refractivity contribution in [1.82, 2.24) is 0 Å². The number of benzene rings is 1. The summed E-state index contributed by atoms with van der Waals surface area (Å²) in [6, 6.07) is 4.95. The monoisotopic (exact) mass is 321 g/mol. The third-order valence-corrected chi connectivity index (χ3v) is 4.00. The molecule has 0 radical (unpaired) electrons. The molecule has 0 fully saturated rings. The summed E-state index contributed by atoms with van der Waals surface area (Å²) in [6.07, 6.45) is 0.409. The van der Waals surface area contributed by atoms with Crippen molar-refractivity contribution in [1.29, 1.82) is 0 Å². The van der Waals surface area contributed by atoms with Crippen LogP contribution in [0.2, 0.25) is 0 Å². The second-order valence-electron chi connectivity index (χ2n) is 3.99. The Kier molecular flexibility index (Phi) is 6.95. The van der Waals surface area contributed by atoms with Crippen LogP contribution in [0.1, 0.15) is 20.3 Å². The van der Waals surface area contributed by atoms with Gasteiger partial charge in [0, 0.05) is 11.9 Å². The van der Waals surface area contributed by atoms with E-state index in [1.54, 1.807) is 18.2 Å². The molecule has 0 heterocycles. The third kappa shape index (κ3) is 5.46. The van der Waals surface area contributed by atoms with Gasteiger partial charge < -0.3 is 9.47 Å². The van der Waals surface area contributed by atoms with Gasteiger partial charge in [0.1, 0.15) is 0 Å². The van der Waals surface area contributed by atoms with Crippen molar-refractivity contribution in [3.05, 3.63) is 18.2 Å². The van der Waals surface area contributed by atoms with Crippen molar-refractivity contribution in [2.24, 2.45) is 0 Å². The SMILES string of the molecule is CCOc1ccc(NS(=O)(=O)CCCCl)cc1OCC. The van der Waals surface area contributed by atoms with Gasteiger partial charge in [-0.15, -0.1) is 11.6 Å². The number of hydrogen-bond donors (Lipinski definition) is 1. The van der Waals surface area contributed by atoms with Gasteiger partial charge in [0.15, 0.2) is 11.5 Å². The minimum absolute atomic E-state index is 0.00627. The first-order valence-corrected chi connectivity index (χ1v) is 8.67. The van der Waals surface area contributed by atoms with Gasteiger partial charge in [0.25, 0.3) is 0 Å². The average molecular weight is 322 g/mol. The average Bonchev–Trinajstić information content (AvgIpc) is 2.40. The molecule has 1 rings (SSSR count). The molecule has 0 unspecified atom stereocenters. The van der Waals surface area contributed by atoms with Gasteiger partial charge >= 0.3 is 0 Å². The molecule has 0 atom stereocenters. The molecule has 0 saturated carbocycles. The van der Waals surface area contributed by atoms with Crippen LogP contribution >= 0.6 is 11.6 Å². The summed E-state index contributed by atoms with van der Waals surface area (Å²) in [4.78, 5) is 0. The van der Waals surface area contributed by atoms with Crippen molar-refractivity contribution in [3.63, 3.8) is 0 Å². The standard InChI is InChI=1S/C13H20ClNO4S/c1-3-18-12-7-6-11(10-13(12)19-4-2)15-20(16,17)9-5-8-14/h6-7,10,15H,3-5,8-9H2,1-2H3. The highest BCUT2D eigenvalue weighted by Crippen LogP contribution is 2.31. The minimum Gasteiger partial charge on any atom is -0.490 e. The first kappa shape index (κ1) is 16.9. The molecule has 114 valence electrons. The molecule has 0 saturated heterocycles. The topological polar surface area (TPSA) is 64.6 Å². The zero-order chi connectivity index (χ0) is 15.0. The van der Waals surface area contributed by atoms with E-state index in [4.69, 9.17) is 21.1 Å². The highest BCUT2D eigenvalue weighted by atomic mass is 35.5. The van der Waals surface area contributed by atoms with E-state index in [9.17, 15) is 8.42 Å². The van der Waals surface area contributed by atoms with Gasteiger partial charge in [0.05, 0.1) is 24.7 Å². The van der Waals surface area contributed by atoms with E-state index in [0.717, 1.165) is 0 Å². The van der Waals surface area contributed by atoms with Gasteiger partial charge in [-0.1, -0.05) is 0 Å². The zero-order valence-corrected chi connectivity index (χ0v) is 13.3. The summed E-state index contributed by atoms with van der Waals surface area (Å²) in [6.45, 7) is 4.72. The Hall–Kier alpha value is -1.14. The van der Waals surface area contributed by atoms with E-state index in [2.05, 4.69) is 4.72 Å². The number of hydrogen-bond acceptors (Lipinski definition) is 4. The van der Waals surface area contributed by atoms with Gasteiger partial charge in [-0.25, -0.2) is 8.42 Å². The normalized spacial score (nSPS) is 11.2. The van der Waals surface area contributed by atoms with E-state index in [1.807, 2.05) is 13.8 Å². The molecule has 5 nitrogen and oxygen atoms in total. The molecule has 0 aromatic heterocycles. The van der Waals surface area contributed by atoms with Crippen LogP contribution in [-0.4, -0.2) is 33.3 Å². The molecule has 20 heavy (non-hydrogen) atoms. The number of anilines is 1. The molecule has 7 heteroatoms. The molecular formula is C13H20ClNO4S. The summed E-state index contributed by atoms with van der Waals surface area (Å²) in [5, 5.41) is 0. The largest absolute Gasteiger partial charge is 0.490 e. The molecule has 0 aliphatic carbocycles. The Morgan fingerprint density at radius 3 is 2.40 bits per heavy atom. The number of nitrogens with one attached hydrogen (secondary N) is 1. The Morgan fingerprint density at radius 1 is 1.15 bits per heavy atom. The minimum atomic E-state index is -3.38. The van der Waals surface area contributed by atoms with Crippen LogP contribution in [0.15, 0.2) is 18.2 Å². The summed E-state index contributed by atoms with van der Waals surface area (Å²) in [5.74, 6) is 1.42. The maximum Gasteiger partial charge on any atom is 0.232 e. The summed E-state index contributed by atoms with van der Waals surface area (Å²) >= 11 is 5.50. The Balaban J connectivity index is 2.88. The van der Waals surface area contributed by atoms with Gasteiger partial charge in [0.2, 0.25) is 10.0 Å². The predicted molar refractivity (Wildman–Crippen MR) is 81.5 cm³/mol. The van der Waals surface area contributed by atoms with Crippen LogP contribution in [0.25, 0.3) is 0 Å². The van der Waals surface area contributed by atoms with Crippen LogP contribution in [0.4, 0.5) is 5.69 Å². The van der Waals surface area contributed by atoms with Crippen LogP contribution in [-0.2, 0) is 10.0 Å². The summed E-state index contributed by atoms with van der Waals surface area (Å²) < 4.78 is 37.0. The Bertz CT molecular complexity index is 519. The fraction of sp³-hybridized carbons (Fsp3) is 0.538. The van der Waals surface area contributed by atoms with Crippen LogP contribution in [0, 0.1) is 0 Å². The highest BCUT2D eigenvalue weighted by Gasteiger charge is 2.12. The molecule has 0 aliphatic heterocycles. The molecule has 0 aliphatic rings. The number of halogens is 1. The smallest absolute Gasteiger partial charge is 0.232 e. The lowest BCUT2D eigenvalue weighted by molar-refractivity contribution is 0.288. The number of ether oxygens (including phenoxy) is 2. The van der Waals surface area contributed by atoms with Crippen molar-refractivity contribution in [3.8, 4) is 11.5 Å². The lowest BCUT2D eigenvalue weighted by Gasteiger charge is -2.13. The number of rotatable bonds is 9. The summed E-state index contributed by atoms with van der Waals surface area (Å²) in [7, 11) is -3.38. The fourth-order valence-corrected chi connectivity index (χ4v) is 2.99. The zero-order valence-electron chi connectivity index (χ0n) is 11.7. The first-order valence-electron chi connectivity index (χ1n) is 6.48. The second kappa shape index (κ2) is 8.21. The Morgan fingerprint density at radius 2 is 1.80 bits per heavy atom. The van der Waals surface area contributed by atoms with Crippen molar-refractivity contribution < 1.29 is 17.9 Å². The van der Waals surface area contributed by atoms with E-state index in [1.165, 1.54) is 0 Å². The third-order valence-electron chi connectivity index (χ3n) is 2.36. The maximum absolute atomic E-state index is 11.8. The number of alkyl halides is 1. The van der Waals surface area contributed by atoms with E-state index in [0.29, 0.717) is 42.7 Å². The molecule has 0 spiro atoms. The van der Waals surface area contributed by atoms with Crippen LogP contribution in [0.3, 0.4) is 0 Å². The lowest BCUT2D eigenvalue weighted by Crippen LogP contribution is -2.17. The van der Waals surface area contributed by atoms with E-state index >= 15 is 0 Å². The molecule has 1 aromatic carbocycles. The maximum atomic E-state index is 11.8. The predicted octanol–water partition coefficient (Wildman–Crippen LogP) is 2.85. The van der Waals surface area contributed by atoms with Crippen LogP contribution in [0.5, 0.6) is 11.5 Å².